The third kappa shape index (κ3) is 2.68. The van der Waals surface area contributed by atoms with E-state index in [0.29, 0.717) is 17.2 Å². The van der Waals surface area contributed by atoms with Crippen molar-refractivity contribution < 1.29 is 13.9 Å². The van der Waals surface area contributed by atoms with Gasteiger partial charge < -0.3 is 19.5 Å². The Morgan fingerprint density at radius 2 is 2.07 bits per heavy atom. The van der Waals surface area contributed by atoms with Crippen LogP contribution in [0.1, 0.15) is 21.6 Å². The predicted molar refractivity (Wildman–Crippen MR) is 104 cm³/mol. The number of benzene rings is 2. The molecule has 0 unspecified atom stereocenters. The minimum Gasteiger partial charge on any atom is -0.464 e. The van der Waals surface area contributed by atoms with Crippen LogP contribution in [0.2, 0.25) is 0 Å². The number of ether oxygens (including phenoxy) is 1. The second-order valence-electron chi connectivity index (χ2n) is 6.27. The Morgan fingerprint density at radius 1 is 1.29 bits per heavy atom. The van der Waals surface area contributed by atoms with Crippen molar-refractivity contribution in [1.82, 2.24) is 9.55 Å². The summed E-state index contributed by atoms with van der Waals surface area (Å²) in [5.41, 5.74) is 10.3. The molecule has 28 heavy (non-hydrogen) atoms. The highest BCUT2D eigenvalue weighted by Gasteiger charge is 2.22. The van der Waals surface area contributed by atoms with E-state index in [2.05, 4.69) is 4.98 Å². The van der Waals surface area contributed by atoms with Crippen molar-refractivity contribution in [1.29, 1.82) is 5.26 Å². The normalized spacial score (nSPS) is 10.8. The Hall–Kier alpha value is -4.05. The lowest BCUT2D eigenvalue weighted by molar-refractivity contribution is 0.0593. The summed E-state index contributed by atoms with van der Waals surface area (Å²) in [6.45, 7) is 1.89. The molecule has 4 rings (SSSR count). The molecule has 0 aliphatic carbocycles. The van der Waals surface area contributed by atoms with Gasteiger partial charge in [0.25, 0.3) is 0 Å². The number of methoxy groups -OCH3 is 1. The molecule has 2 heterocycles. The van der Waals surface area contributed by atoms with Crippen LogP contribution >= 0.6 is 0 Å². The minimum absolute atomic E-state index is 0.0942. The summed E-state index contributed by atoms with van der Waals surface area (Å²) in [6.07, 6.45) is 1.53. The fourth-order valence-electron chi connectivity index (χ4n) is 3.16. The van der Waals surface area contributed by atoms with Crippen LogP contribution in [-0.2, 0) is 4.74 Å². The Labute approximate surface area is 160 Å². The molecule has 0 bridgehead atoms. The molecule has 4 aromatic rings. The van der Waals surface area contributed by atoms with Gasteiger partial charge in [-0.25, -0.2) is 9.78 Å². The van der Waals surface area contributed by atoms with E-state index in [1.54, 1.807) is 4.57 Å². The Balaban J connectivity index is 1.83. The van der Waals surface area contributed by atoms with Crippen molar-refractivity contribution in [3.05, 3.63) is 65.5 Å². The number of oxazole rings is 1. The number of hydrogen-bond donors (Lipinski definition) is 1. The van der Waals surface area contributed by atoms with Crippen molar-refractivity contribution in [2.24, 2.45) is 0 Å². The van der Waals surface area contributed by atoms with E-state index >= 15 is 0 Å². The number of hydrogen-bond acceptors (Lipinski definition) is 6. The van der Waals surface area contributed by atoms with Crippen LogP contribution in [0, 0.1) is 18.3 Å². The van der Waals surface area contributed by atoms with Crippen LogP contribution in [0.25, 0.3) is 28.2 Å². The van der Waals surface area contributed by atoms with Crippen molar-refractivity contribution in [2.75, 3.05) is 12.8 Å². The smallest absolute Gasteiger partial charge is 0.357 e. The van der Waals surface area contributed by atoms with Gasteiger partial charge >= 0.3 is 5.97 Å². The number of anilines is 1. The fraction of sp³-hybridized carbons (Fsp3) is 0.0952. The van der Waals surface area contributed by atoms with Crippen LogP contribution < -0.4 is 5.73 Å². The number of aromatic nitrogens is 2. The first-order valence-electron chi connectivity index (χ1n) is 8.49. The number of aryl methyl sites for hydroxylation is 1. The number of para-hydroxylation sites is 2. The van der Waals surface area contributed by atoms with Gasteiger partial charge in [0.05, 0.1) is 18.4 Å². The minimum atomic E-state index is -0.610. The number of esters is 1. The highest BCUT2D eigenvalue weighted by Crippen LogP contribution is 2.30. The maximum atomic E-state index is 12.2. The van der Waals surface area contributed by atoms with E-state index in [1.165, 1.54) is 13.3 Å². The molecule has 0 spiro atoms. The van der Waals surface area contributed by atoms with Crippen molar-refractivity contribution in [3.63, 3.8) is 0 Å². The number of nitrogen functional groups attached to an aromatic ring is 1. The van der Waals surface area contributed by atoms with E-state index in [1.807, 2.05) is 55.5 Å². The lowest BCUT2D eigenvalue weighted by atomic mass is 10.1. The molecule has 0 amide bonds. The molecule has 0 saturated carbocycles. The molecule has 0 aliphatic heterocycles. The first-order valence-corrected chi connectivity index (χ1v) is 8.49. The number of fused-ring (bicyclic) bond motifs is 1. The quantitative estimate of drug-likeness (QED) is 0.548. The highest BCUT2D eigenvalue weighted by atomic mass is 16.5. The number of carbonyl (C=O) groups is 1. The highest BCUT2D eigenvalue weighted by molar-refractivity contribution is 5.96. The summed E-state index contributed by atoms with van der Waals surface area (Å²) >= 11 is 0. The second kappa shape index (κ2) is 6.59. The zero-order valence-corrected chi connectivity index (χ0v) is 15.3. The molecule has 7 heteroatoms. The standard InChI is InChI=1S/C21H16N4O3/c1-12-9-13(20-24-15-5-3-4-6-17(15)28-20)7-8-16(12)25-11-14(10-22)18(23)19(25)21(26)27-2/h3-9,11H,23H2,1-2H3. The maximum Gasteiger partial charge on any atom is 0.357 e. The molecule has 7 nitrogen and oxygen atoms in total. The van der Waals surface area contributed by atoms with Gasteiger partial charge in [-0.05, 0) is 42.8 Å². The van der Waals surface area contributed by atoms with E-state index < -0.39 is 5.97 Å². The monoisotopic (exact) mass is 372 g/mol. The molecule has 2 aromatic heterocycles. The Morgan fingerprint density at radius 3 is 2.75 bits per heavy atom. The van der Waals surface area contributed by atoms with Crippen LogP contribution in [0.3, 0.4) is 0 Å². The van der Waals surface area contributed by atoms with Gasteiger partial charge in [0.15, 0.2) is 11.3 Å². The van der Waals surface area contributed by atoms with Gasteiger partial charge in [0.2, 0.25) is 5.89 Å². The maximum absolute atomic E-state index is 12.2. The van der Waals surface area contributed by atoms with Crippen LogP contribution in [0.5, 0.6) is 0 Å². The third-order valence-electron chi connectivity index (χ3n) is 4.54. The molecule has 2 N–H and O–H groups in total. The topological polar surface area (TPSA) is 107 Å². The lowest BCUT2D eigenvalue weighted by Gasteiger charge is -2.12. The van der Waals surface area contributed by atoms with Gasteiger partial charge in [0, 0.05) is 17.4 Å². The van der Waals surface area contributed by atoms with Gasteiger partial charge in [-0.2, -0.15) is 5.26 Å². The van der Waals surface area contributed by atoms with E-state index in [9.17, 15) is 10.1 Å². The molecule has 0 atom stereocenters. The van der Waals surface area contributed by atoms with Gasteiger partial charge in [-0.3, -0.25) is 0 Å². The number of rotatable bonds is 3. The average molecular weight is 372 g/mol. The summed E-state index contributed by atoms with van der Waals surface area (Å²) in [5, 5.41) is 9.27. The van der Waals surface area contributed by atoms with Crippen LogP contribution in [0.4, 0.5) is 5.69 Å². The van der Waals surface area contributed by atoms with E-state index in [0.717, 1.165) is 16.6 Å². The number of nitrogens with zero attached hydrogens (tertiary/aromatic N) is 3. The molecule has 2 aromatic carbocycles. The number of nitrogens with two attached hydrogens (primary N) is 1. The largest absolute Gasteiger partial charge is 0.464 e. The lowest BCUT2D eigenvalue weighted by Crippen LogP contribution is -2.11. The first kappa shape index (κ1) is 17.4. The van der Waals surface area contributed by atoms with Crippen molar-refractivity contribution in [3.8, 4) is 23.2 Å². The van der Waals surface area contributed by atoms with E-state index in [4.69, 9.17) is 14.9 Å². The summed E-state index contributed by atoms with van der Waals surface area (Å²) in [5.74, 6) is -0.102. The Kier molecular flexibility index (Phi) is 4.09. The predicted octanol–water partition coefficient (Wildman–Crippen LogP) is 3.83. The van der Waals surface area contributed by atoms with Gasteiger partial charge in [0.1, 0.15) is 11.6 Å². The Bertz CT molecular complexity index is 1230. The zero-order chi connectivity index (χ0) is 19.8. The van der Waals surface area contributed by atoms with Gasteiger partial charge in [-0.1, -0.05) is 12.1 Å². The van der Waals surface area contributed by atoms with Crippen molar-refractivity contribution in [2.45, 2.75) is 6.92 Å². The summed E-state index contributed by atoms with van der Waals surface area (Å²) in [4.78, 5) is 16.7. The molecular weight excluding hydrogens is 356 g/mol. The second-order valence-corrected chi connectivity index (χ2v) is 6.27. The number of carbonyl (C=O) groups excluding carboxylic acids is 1. The third-order valence-corrected chi connectivity index (χ3v) is 4.54. The number of nitriles is 1. The molecule has 0 saturated heterocycles. The molecule has 0 radical (unpaired) electrons. The molecular formula is C21H16N4O3. The molecule has 0 fully saturated rings. The summed E-state index contributed by atoms with van der Waals surface area (Å²) in [7, 11) is 1.27. The van der Waals surface area contributed by atoms with Crippen LogP contribution in [-0.4, -0.2) is 22.6 Å². The average Bonchev–Trinajstić information content (AvgIpc) is 3.28. The SMILES string of the molecule is COC(=O)c1c(N)c(C#N)cn1-c1ccc(-c2nc3ccccc3o2)cc1C. The summed E-state index contributed by atoms with van der Waals surface area (Å²) < 4.78 is 12.2. The summed E-state index contributed by atoms with van der Waals surface area (Å²) in [6, 6.07) is 15.1. The molecule has 0 aliphatic rings. The molecule has 138 valence electrons. The van der Waals surface area contributed by atoms with E-state index in [-0.39, 0.29) is 16.9 Å². The van der Waals surface area contributed by atoms with Crippen molar-refractivity contribution >= 4 is 22.8 Å². The van der Waals surface area contributed by atoms with Gasteiger partial charge in [-0.15, -0.1) is 0 Å². The first-order chi connectivity index (χ1) is 13.5. The zero-order valence-electron chi connectivity index (χ0n) is 15.3. The fourth-order valence-corrected chi connectivity index (χ4v) is 3.16. The van der Waals surface area contributed by atoms with Crippen LogP contribution in [0.15, 0.2) is 53.1 Å².